The minimum Gasteiger partial charge on any atom is -0.461 e. The number of carbonyl (C=O) groups is 1. The first-order chi connectivity index (χ1) is 19.2. The van der Waals surface area contributed by atoms with Crippen LogP contribution in [0.15, 0.2) is 53.6 Å². The van der Waals surface area contributed by atoms with E-state index in [-0.39, 0.29) is 11.5 Å². The van der Waals surface area contributed by atoms with Gasteiger partial charge in [-0.25, -0.2) is 17.9 Å². The summed E-state index contributed by atoms with van der Waals surface area (Å²) in [5, 5.41) is 10.6. The molecule has 1 aliphatic heterocycles. The molecule has 212 valence electrons. The molecule has 0 aliphatic carbocycles. The third-order valence-corrected chi connectivity index (χ3v) is 9.00. The molecule has 0 bridgehead atoms. The Morgan fingerprint density at radius 3 is 2.58 bits per heavy atom. The standard InChI is InChI=1S/C27H30Cl2N6O4S/c1-2-39-27(36)26-25(22-8-5-20(29)15-23(22)31-26)24-17-35(33-32-24)16-18-9-12-34(13-10-18)14-11-30-40(37,38)21-6-3-19(28)4-7-21/h3-8,15,17-18,30-31H,2,9-14,16H2,1H3. The smallest absolute Gasteiger partial charge is 0.355 e. The zero-order chi connectivity index (χ0) is 28.3. The highest BCUT2D eigenvalue weighted by Gasteiger charge is 2.24. The van der Waals surface area contributed by atoms with Crippen LogP contribution in [0.4, 0.5) is 0 Å². The quantitative estimate of drug-likeness (QED) is 0.254. The van der Waals surface area contributed by atoms with E-state index in [4.69, 9.17) is 27.9 Å². The molecule has 4 aromatic rings. The van der Waals surface area contributed by atoms with Gasteiger partial charge >= 0.3 is 5.97 Å². The first-order valence-corrected chi connectivity index (χ1v) is 15.3. The van der Waals surface area contributed by atoms with Gasteiger partial charge in [0.25, 0.3) is 0 Å². The molecule has 0 saturated carbocycles. The van der Waals surface area contributed by atoms with Crippen molar-refractivity contribution in [2.45, 2.75) is 31.2 Å². The summed E-state index contributed by atoms with van der Waals surface area (Å²) in [7, 11) is -3.57. The van der Waals surface area contributed by atoms with Gasteiger partial charge in [0.1, 0.15) is 11.4 Å². The van der Waals surface area contributed by atoms with Crippen LogP contribution in [-0.2, 0) is 21.3 Å². The van der Waals surface area contributed by atoms with Crippen molar-refractivity contribution in [2.75, 3.05) is 32.8 Å². The van der Waals surface area contributed by atoms with E-state index in [1.165, 1.54) is 12.1 Å². The predicted molar refractivity (Wildman–Crippen MR) is 154 cm³/mol. The summed E-state index contributed by atoms with van der Waals surface area (Å²) >= 11 is 12.0. The molecule has 2 aromatic heterocycles. The average molecular weight is 606 g/mol. The topological polar surface area (TPSA) is 122 Å². The highest BCUT2D eigenvalue weighted by molar-refractivity contribution is 7.89. The summed E-state index contributed by atoms with van der Waals surface area (Å²) in [5.41, 5.74) is 2.28. The Bertz CT molecular complexity index is 1590. The Kier molecular flexibility index (Phi) is 8.77. The number of aromatic amines is 1. The minimum atomic E-state index is -3.57. The number of nitrogens with zero attached hydrogens (tertiary/aromatic N) is 4. The van der Waals surface area contributed by atoms with Gasteiger partial charge in [0, 0.05) is 46.1 Å². The Hall–Kier alpha value is -2.96. The fourth-order valence-electron chi connectivity index (χ4n) is 4.99. The van der Waals surface area contributed by atoms with E-state index in [1.54, 1.807) is 31.2 Å². The molecule has 13 heteroatoms. The third kappa shape index (κ3) is 6.50. The highest BCUT2D eigenvalue weighted by atomic mass is 35.5. The van der Waals surface area contributed by atoms with E-state index in [2.05, 4.69) is 24.9 Å². The van der Waals surface area contributed by atoms with Crippen molar-refractivity contribution in [3.63, 3.8) is 0 Å². The van der Waals surface area contributed by atoms with Crippen molar-refractivity contribution in [1.82, 2.24) is 29.6 Å². The SMILES string of the molecule is CCOC(=O)c1[nH]c2cc(Cl)ccc2c1-c1cn(CC2CCN(CCNS(=O)(=O)c3ccc(Cl)cc3)CC2)nn1. The van der Waals surface area contributed by atoms with E-state index in [0.717, 1.165) is 36.8 Å². The number of rotatable bonds is 10. The molecule has 0 radical (unpaired) electrons. The van der Waals surface area contributed by atoms with Crippen LogP contribution in [0.25, 0.3) is 22.2 Å². The van der Waals surface area contributed by atoms with Crippen molar-refractivity contribution < 1.29 is 17.9 Å². The molecule has 40 heavy (non-hydrogen) atoms. The summed E-state index contributed by atoms with van der Waals surface area (Å²) in [6.07, 6.45) is 3.77. The molecule has 1 saturated heterocycles. The summed E-state index contributed by atoms with van der Waals surface area (Å²) in [4.78, 5) is 18.3. The number of sulfonamides is 1. The second-order valence-corrected chi connectivity index (χ2v) is 12.4. The van der Waals surface area contributed by atoms with Crippen LogP contribution in [0.1, 0.15) is 30.3 Å². The van der Waals surface area contributed by atoms with Crippen LogP contribution in [0.2, 0.25) is 10.0 Å². The number of benzene rings is 2. The number of halogens is 2. The molecule has 3 heterocycles. The van der Waals surface area contributed by atoms with Gasteiger partial charge in [0.15, 0.2) is 0 Å². The van der Waals surface area contributed by atoms with E-state index < -0.39 is 16.0 Å². The molecular formula is C27H30Cl2N6O4S. The zero-order valence-electron chi connectivity index (χ0n) is 21.9. The van der Waals surface area contributed by atoms with E-state index in [1.807, 2.05) is 16.9 Å². The Morgan fingerprint density at radius 2 is 1.85 bits per heavy atom. The van der Waals surface area contributed by atoms with Gasteiger partial charge in [-0.1, -0.05) is 34.5 Å². The van der Waals surface area contributed by atoms with E-state index in [9.17, 15) is 13.2 Å². The monoisotopic (exact) mass is 604 g/mol. The van der Waals surface area contributed by atoms with Crippen LogP contribution in [-0.4, -0.2) is 72.1 Å². The molecular weight excluding hydrogens is 575 g/mol. The number of esters is 1. The Balaban J connectivity index is 1.17. The number of ether oxygens (including phenoxy) is 1. The lowest BCUT2D eigenvalue weighted by atomic mass is 9.97. The molecule has 0 atom stereocenters. The highest BCUT2D eigenvalue weighted by Crippen LogP contribution is 2.33. The first-order valence-electron chi connectivity index (χ1n) is 13.1. The normalized spacial score (nSPS) is 15.1. The van der Waals surface area contributed by atoms with Crippen molar-refractivity contribution in [3.8, 4) is 11.3 Å². The lowest BCUT2D eigenvalue weighted by molar-refractivity contribution is 0.0521. The van der Waals surface area contributed by atoms with Crippen molar-refractivity contribution in [1.29, 1.82) is 0 Å². The number of aromatic nitrogens is 4. The van der Waals surface area contributed by atoms with Gasteiger partial charge in [-0.15, -0.1) is 5.10 Å². The van der Waals surface area contributed by atoms with Gasteiger partial charge < -0.3 is 14.6 Å². The maximum atomic E-state index is 12.7. The van der Waals surface area contributed by atoms with Gasteiger partial charge in [-0.3, -0.25) is 4.68 Å². The number of hydrogen-bond donors (Lipinski definition) is 2. The molecule has 5 rings (SSSR count). The van der Waals surface area contributed by atoms with Crippen LogP contribution < -0.4 is 4.72 Å². The second-order valence-electron chi connectivity index (χ2n) is 9.75. The molecule has 1 aliphatic rings. The zero-order valence-corrected chi connectivity index (χ0v) is 24.3. The molecule has 1 fully saturated rings. The largest absolute Gasteiger partial charge is 0.461 e. The fraction of sp³-hybridized carbons (Fsp3) is 0.370. The molecule has 0 unspecified atom stereocenters. The second kappa shape index (κ2) is 12.3. The number of hydrogen-bond acceptors (Lipinski definition) is 7. The summed E-state index contributed by atoms with van der Waals surface area (Å²) in [6, 6.07) is 11.5. The van der Waals surface area contributed by atoms with Gasteiger partial charge in [-0.2, -0.15) is 0 Å². The minimum absolute atomic E-state index is 0.202. The van der Waals surface area contributed by atoms with Gasteiger partial charge in [-0.05, 0) is 75.2 Å². The van der Waals surface area contributed by atoms with Crippen molar-refractivity contribution in [2.24, 2.45) is 5.92 Å². The number of H-pyrrole nitrogens is 1. The summed E-state index contributed by atoms with van der Waals surface area (Å²) < 4.78 is 34.7. The molecule has 10 nitrogen and oxygen atoms in total. The van der Waals surface area contributed by atoms with Crippen molar-refractivity contribution in [3.05, 3.63) is 64.4 Å². The maximum absolute atomic E-state index is 12.7. The van der Waals surface area contributed by atoms with Crippen molar-refractivity contribution >= 4 is 50.1 Å². The molecule has 0 amide bonds. The summed E-state index contributed by atoms with van der Waals surface area (Å²) in [5.74, 6) is -0.0509. The Labute approximate surface area is 242 Å². The van der Waals surface area contributed by atoms with E-state index in [0.29, 0.717) is 52.5 Å². The van der Waals surface area contributed by atoms with Crippen LogP contribution >= 0.6 is 23.2 Å². The molecule has 0 spiro atoms. The number of likely N-dealkylation sites (tertiary alicyclic amines) is 1. The maximum Gasteiger partial charge on any atom is 0.355 e. The number of fused-ring (bicyclic) bond motifs is 1. The van der Waals surface area contributed by atoms with Gasteiger partial charge in [0.2, 0.25) is 10.0 Å². The Morgan fingerprint density at radius 1 is 1.12 bits per heavy atom. The van der Waals surface area contributed by atoms with Crippen LogP contribution in [0.5, 0.6) is 0 Å². The molecule has 2 aromatic carbocycles. The third-order valence-electron chi connectivity index (χ3n) is 7.03. The van der Waals surface area contributed by atoms with E-state index >= 15 is 0 Å². The molecule has 2 N–H and O–H groups in total. The predicted octanol–water partition coefficient (Wildman–Crippen LogP) is 4.60. The lowest BCUT2D eigenvalue weighted by Gasteiger charge is -2.31. The van der Waals surface area contributed by atoms with Crippen LogP contribution in [0, 0.1) is 5.92 Å². The average Bonchev–Trinajstić information content (AvgIpc) is 3.54. The fourth-order valence-corrected chi connectivity index (χ4v) is 6.31. The van der Waals surface area contributed by atoms with Gasteiger partial charge in [0.05, 0.1) is 17.7 Å². The summed E-state index contributed by atoms with van der Waals surface area (Å²) in [6.45, 7) is 5.42. The number of nitrogens with one attached hydrogen (secondary N) is 2. The first kappa shape index (κ1) is 28.6. The lowest BCUT2D eigenvalue weighted by Crippen LogP contribution is -2.40. The van der Waals surface area contributed by atoms with Crippen LogP contribution in [0.3, 0.4) is 0 Å². The number of piperidine rings is 1. The number of carbonyl (C=O) groups excluding carboxylic acids is 1.